The molecule has 1 aliphatic carbocycles. The normalized spacial score (nSPS) is 18.6. The summed E-state index contributed by atoms with van der Waals surface area (Å²) in [5.41, 5.74) is 2.09. The molecule has 1 heteroatoms. The number of nitrogens with one attached hydrogen (secondary N) is 1. The monoisotopic (exact) mass is 245 g/mol. The van der Waals surface area contributed by atoms with Crippen LogP contribution in [0.3, 0.4) is 0 Å². The van der Waals surface area contributed by atoms with Gasteiger partial charge < -0.3 is 5.32 Å². The molecule has 0 aliphatic heterocycles. The van der Waals surface area contributed by atoms with Gasteiger partial charge in [0.05, 0.1) is 0 Å². The molecule has 1 saturated carbocycles. The van der Waals surface area contributed by atoms with Crippen LogP contribution < -0.4 is 5.32 Å². The lowest BCUT2D eigenvalue weighted by Crippen LogP contribution is -2.28. The molecule has 1 fully saturated rings. The lowest BCUT2D eigenvalue weighted by Gasteiger charge is -2.22. The van der Waals surface area contributed by atoms with E-state index in [1.54, 1.807) is 0 Å². The van der Waals surface area contributed by atoms with E-state index in [0.717, 1.165) is 0 Å². The first-order valence-electron chi connectivity index (χ1n) is 7.58. The first-order chi connectivity index (χ1) is 8.79. The maximum absolute atomic E-state index is 3.82. The fourth-order valence-electron chi connectivity index (χ4n) is 2.65. The van der Waals surface area contributed by atoms with Gasteiger partial charge in [-0.3, -0.25) is 0 Å². The van der Waals surface area contributed by atoms with Crippen LogP contribution in [0.5, 0.6) is 0 Å². The zero-order valence-electron chi connectivity index (χ0n) is 11.9. The molecule has 0 amide bonds. The molecule has 1 aromatic rings. The molecule has 1 unspecified atom stereocenters. The van der Waals surface area contributed by atoms with Crippen molar-refractivity contribution in [1.82, 2.24) is 5.32 Å². The SMILES string of the molecule is CCCCC(NCC1(CC)CC1)c1ccccc1. The first-order valence-corrected chi connectivity index (χ1v) is 7.58. The predicted octanol–water partition coefficient (Wildman–Crippen LogP) is 4.70. The topological polar surface area (TPSA) is 12.0 Å². The number of hydrogen-bond acceptors (Lipinski definition) is 1. The maximum atomic E-state index is 3.82. The van der Waals surface area contributed by atoms with Crippen molar-refractivity contribution in [2.75, 3.05) is 6.54 Å². The fraction of sp³-hybridized carbons (Fsp3) is 0.647. The minimum absolute atomic E-state index is 0.551. The van der Waals surface area contributed by atoms with Gasteiger partial charge in [-0.2, -0.15) is 0 Å². The van der Waals surface area contributed by atoms with Crippen molar-refractivity contribution in [2.24, 2.45) is 5.41 Å². The van der Waals surface area contributed by atoms with Gasteiger partial charge in [-0.15, -0.1) is 0 Å². The van der Waals surface area contributed by atoms with Crippen LogP contribution in [0.25, 0.3) is 0 Å². The van der Waals surface area contributed by atoms with Crippen LogP contribution in [0.1, 0.15) is 64.0 Å². The second kappa shape index (κ2) is 6.38. The molecular weight excluding hydrogens is 218 g/mol. The summed E-state index contributed by atoms with van der Waals surface area (Å²) in [7, 11) is 0. The van der Waals surface area contributed by atoms with Crippen molar-refractivity contribution in [3.05, 3.63) is 35.9 Å². The average Bonchev–Trinajstić information content (AvgIpc) is 3.20. The van der Waals surface area contributed by atoms with Crippen molar-refractivity contribution in [3.8, 4) is 0 Å². The van der Waals surface area contributed by atoms with Crippen LogP contribution in [-0.2, 0) is 0 Å². The quantitative estimate of drug-likeness (QED) is 0.700. The number of hydrogen-bond donors (Lipinski definition) is 1. The standard InChI is InChI=1S/C17H27N/c1-3-5-11-16(15-9-7-6-8-10-15)18-14-17(4-2)12-13-17/h6-10,16,18H,3-5,11-14H2,1-2H3. The molecule has 1 N–H and O–H groups in total. The van der Waals surface area contributed by atoms with Crippen LogP contribution in [0.15, 0.2) is 30.3 Å². The van der Waals surface area contributed by atoms with Crippen molar-refractivity contribution < 1.29 is 0 Å². The highest BCUT2D eigenvalue weighted by Gasteiger charge is 2.40. The van der Waals surface area contributed by atoms with Gasteiger partial charge in [0.1, 0.15) is 0 Å². The number of unbranched alkanes of at least 4 members (excludes halogenated alkanes) is 1. The van der Waals surface area contributed by atoms with Gasteiger partial charge in [-0.1, -0.05) is 57.0 Å². The summed E-state index contributed by atoms with van der Waals surface area (Å²) in [5, 5.41) is 3.82. The lowest BCUT2D eigenvalue weighted by molar-refractivity contribution is 0.387. The van der Waals surface area contributed by atoms with Gasteiger partial charge in [0, 0.05) is 12.6 Å². The molecule has 0 aromatic heterocycles. The van der Waals surface area contributed by atoms with Gasteiger partial charge in [0.15, 0.2) is 0 Å². The van der Waals surface area contributed by atoms with E-state index in [1.807, 2.05) is 0 Å². The number of rotatable bonds is 8. The highest BCUT2D eigenvalue weighted by atomic mass is 14.9. The summed E-state index contributed by atoms with van der Waals surface area (Å²) >= 11 is 0. The molecule has 18 heavy (non-hydrogen) atoms. The van der Waals surface area contributed by atoms with Crippen LogP contribution >= 0.6 is 0 Å². The van der Waals surface area contributed by atoms with E-state index in [2.05, 4.69) is 49.5 Å². The van der Waals surface area contributed by atoms with E-state index in [0.29, 0.717) is 11.5 Å². The third-order valence-corrected chi connectivity index (χ3v) is 4.48. The molecule has 0 bridgehead atoms. The summed E-state index contributed by atoms with van der Waals surface area (Å²) in [6.07, 6.45) is 8.03. The third-order valence-electron chi connectivity index (χ3n) is 4.48. The molecule has 1 aromatic carbocycles. The van der Waals surface area contributed by atoms with Crippen molar-refractivity contribution in [1.29, 1.82) is 0 Å². The van der Waals surface area contributed by atoms with E-state index >= 15 is 0 Å². The van der Waals surface area contributed by atoms with Crippen LogP contribution in [0.4, 0.5) is 0 Å². The van der Waals surface area contributed by atoms with Gasteiger partial charge in [0.2, 0.25) is 0 Å². The summed E-state index contributed by atoms with van der Waals surface area (Å²) < 4.78 is 0. The third kappa shape index (κ3) is 3.58. The lowest BCUT2D eigenvalue weighted by atomic mass is 9.98. The van der Waals surface area contributed by atoms with E-state index in [-0.39, 0.29) is 0 Å². The minimum Gasteiger partial charge on any atom is -0.309 e. The van der Waals surface area contributed by atoms with E-state index in [4.69, 9.17) is 0 Å². The Balaban J connectivity index is 1.92. The Bertz CT molecular complexity index is 340. The smallest absolute Gasteiger partial charge is 0.0320 e. The zero-order valence-corrected chi connectivity index (χ0v) is 11.9. The van der Waals surface area contributed by atoms with Gasteiger partial charge in [0.25, 0.3) is 0 Å². The second-order valence-corrected chi connectivity index (χ2v) is 5.84. The molecule has 0 radical (unpaired) electrons. The van der Waals surface area contributed by atoms with E-state index < -0.39 is 0 Å². The van der Waals surface area contributed by atoms with Crippen LogP contribution in [-0.4, -0.2) is 6.54 Å². The molecule has 1 aliphatic rings. The Morgan fingerprint density at radius 2 is 1.89 bits per heavy atom. The predicted molar refractivity (Wildman–Crippen MR) is 78.7 cm³/mol. The van der Waals surface area contributed by atoms with Crippen molar-refractivity contribution >= 4 is 0 Å². The zero-order chi connectivity index (χ0) is 12.8. The first kappa shape index (κ1) is 13.6. The highest BCUT2D eigenvalue weighted by molar-refractivity contribution is 5.19. The largest absolute Gasteiger partial charge is 0.309 e. The molecule has 0 spiro atoms. The molecule has 0 heterocycles. The minimum atomic E-state index is 0.551. The van der Waals surface area contributed by atoms with E-state index in [9.17, 15) is 0 Å². The molecular formula is C17H27N. The molecule has 0 saturated heterocycles. The second-order valence-electron chi connectivity index (χ2n) is 5.84. The maximum Gasteiger partial charge on any atom is 0.0320 e. The summed E-state index contributed by atoms with van der Waals surface area (Å²) in [6.45, 7) is 5.81. The Morgan fingerprint density at radius 3 is 2.44 bits per heavy atom. The molecule has 2 rings (SSSR count). The van der Waals surface area contributed by atoms with Crippen LogP contribution in [0, 0.1) is 5.41 Å². The Labute approximate surface area is 112 Å². The summed E-state index contributed by atoms with van der Waals surface area (Å²) in [4.78, 5) is 0. The summed E-state index contributed by atoms with van der Waals surface area (Å²) in [6, 6.07) is 11.5. The van der Waals surface area contributed by atoms with Crippen molar-refractivity contribution in [3.63, 3.8) is 0 Å². The van der Waals surface area contributed by atoms with Gasteiger partial charge in [-0.25, -0.2) is 0 Å². The van der Waals surface area contributed by atoms with Crippen LogP contribution in [0.2, 0.25) is 0 Å². The molecule has 1 atom stereocenters. The highest BCUT2D eigenvalue weighted by Crippen LogP contribution is 2.48. The molecule has 100 valence electrons. The van der Waals surface area contributed by atoms with Gasteiger partial charge >= 0.3 is 0 Å². The van der Waals surface area contributed by atoms with Gasteiger partial charge in [-0.05, 0) is 36.7 Å². The Morgan fingerprint density at radius 1 is 1.17 bits per heavy atom. The fourth-order valence-corrected chi connectivity index (χ4v) is 2.65. The molecule has 1 nitrogen and oxygen atoms in total. The average molecular weight is 245 g/mol. The summed E-state index contributed by atoms with van der Waals surface area (Å²) in [5.74, 6) is 0. The number of benzene rings is 1. The van der Waals surface area contributed by atoms with Crippen molar-refractivity contribution in [2.45, 2.75) is 58.4 Å². The Hall–Kier alpha value is -0.820. The van der Waals surface area contributed by atoms with E-state index in [1.165, 1.54) is 50.6 Å². The Kier molecular flexibility index (Phi) is 4.82.